The van der Waals surface area contributed by atoms with Crippen LogP contribution in [-0.4, -0.2) is 9.78 Å². The van der Waals surface area contributed by atoms with E-state index in [1.165, 1.54) is 16.7 Å². The molecular weight excluding hydrogens is 904 g/mol. The normalized spacial score (nSPS) is 13.7. The van der Waals surface area contributed by atoms with E-state index in [-0.39, 0.29) is 48.1 Å². The fourth-order valence-electron chi connectivity index (χ4n) is 7.33. The van der Waals surface area contributed by atoms with E-state index in [2.05, 4.69) is 229 Å². The Morgan fingerprint density at radius 3 is 1.47 bits per heavy atom. The molecule has 0 spiro atoms. The SMILES string of the molecule is CC(C)(C)c1cc(Oc2[c-]c(-n3cc(C(C)(C)c4ccccc4)cn3)cc(C(C)(C)C)c2)[c-]c(N2[CH-]N(c3cc(C(C)(C)C)cc(C(C)(C)C)c3)c3ccccc32)c1.[Pt]. The number of nitrogens with zero attached hydrogens (tertiary/aromatic N) is 4. The van der Waals surface area contributed by atoms with Crippen molar-refractivity contribution in [2.24, 2.45) is 0 Å². The fourth-order valence-corrected chi connectivity index (χ4v) is 7.33. The molecule has 0 saturated heterocycles. The summed E-state index contributed by atoms with van der Waals surface area (Å²) in [6.07, 6.45) is 4.09. The smallest absolute Gasteiger partial charge is 0.0534 e. The van der Waals surface area contributed by atoms with Crippen molar-refractivity contribution in [2.75, 3.05) is 9.80 Å². The van der Waals surface area contributed by atoms with Crippen LogP contribution in [-0.2, 0) is 48.1 Å². The van der Waals surface area contributed by atoms with E-state index in [4.69, 9.17) is 9.84 Å². The molecule has 5 aromatic carbocycles. The molecule has 1 aliphatic rings. The summed E-state index contributed by atoms with van der Waals surface area (Å²) in [4.78, 5) is 4.57. The second-order valence-electron chi connectivity index (χ2n) is 20.6. The van der Waals surface area contributed by atoms with Gasteiger partial charge < -0.3 is 14.5 Å². The second kappa shape index (κ2) is 15.8. The van der Waals surface area contributed by atoms with E-state index in [1.54, 1.807) is 0 Å². The number of hydrogen-bond acceptors (Lipinski definition) is 4. The Hall–Kier alpha value is -4.60. The van der Waals surface area contributed by atoms with Crippen LogP contribution in [0.15, 0.2) is 109 Å². The Labute approximate surface area is 369 Å². The number of ether oxygens (including phenoxy) is 1. The third kappa shape index (κ3) is 9.26. The molecule has 2 heterocycles. The molecule has 5 nitrogen and oxygen atoms in total. The van der Waals surface area contributed by atoms with Crippen molar-refractivity contribution < 1.29 is 25.8 Å². The maximum atomic E-state index is 6.86. The molecule has 0 bridgehead atoms. The minimum Gasteiger partial charge on any atom is -0.509 e. The average molecular weight is 965 g/mol. The van der Waals surface area contributed by atoms with Gasteiger partial charge >= 0.3 is 0 Å². The molecule has 1 aromatic heterocycles. The number of aromatic nitrogens is 2. The van der Waals surface area contributed by atoms with E-state index < -0.39 is 0 Å². The van der Waals surface area contributed by atoms with Gasteiger partial charge in [0.25, 0.3) is 0 Å². The minimum absolute atomic E-state index is 0. The average Bonchev–Trinajstić information content (AvgIpc) is 3.80. The first-order chi connectivity index (χ1) is 27.0. The van der Waals surface area contributed by atoms with Gasteiger partial charge in [0.15, 0.2) is 0 Å². The third-order valence-corrected chi connectivity index (χ3v) is 11.5. The topological polar surface area (TPSA) is 33.5 Å². The Morgan fingerprint density at radius 1 is 0.492 bits per heavy atom. The molecular formula is C53H61N4OPt-3. The van der Waals surface area contributed by atoms with Gasteiger partial charge in [0.1, 0.15) is 0 Å². The molecule has 0 atom stereocenters. The largest absolute Gasteiger partial charge is 0.509 e. The maximum absolute atomic E-state index is 6.86. The van der Waals surface area contributed by atoms with Crippen LogP contribution in [0.25, 0.3) is 5.69 Å². The standard InChI is InChI=1S/C53H61N4O.Pt/c1-49(2,3)37-24-38(50(4,5)6)26-42(25-37)55-35-56(48-23-19-18-22-47(48)55)43-27-39(51(7,8)9)29-45(31-43)58-46-30-40(52(10,11)12)28-44(32-46)57-34-41(33-54-57)53(13,14)36-20-16-15-17-21-36;/h15-30,33-35H,1-14H3;/q-3;. The first-order valence-electron chi connectivity index (χ1n) is 20.6. The summed E-state index contributed by atoms with van der Waals surface area (Å²) in [6.45, 7) is 33.8. The number of fused-ring (bicyclic) bond motifs is 1. The first-order valence-corrected chi connectivity index (χ1v) is 20.6. The molecule has 6 heteroatoms. The van der Waals surface area contributed by atoms with Gasteiger partial charge in [-0.05, 0) is 68.3 Å². The van der Waals surface area contributed by atoms with Crippen molar-refractivity contribution in [3.8, 4) is 17.2 Å². The number of rotatable bonds is 7. The molecule has 1 aliphatic heterocycles. The van der Waals surface area contributed by atoms with Crippen LogP contribution in [0.1, 0.15) is 130 Å². The van der Waals surface area contributed by atoms with Crippen LogP contribution in [0, 0.1) is 18.8 Å². The molecule has 0 N–H and O–H groups in total. The predicted octanol–water partition coefficient (Wildman–Crippen LogP) is 14.2. The maximum Gasteiger partial charge on any atom is 0.0534 e. The number of anilines is 4. The Morgan fingerprint density at radius 2 is 0.949 bits per heavy atom. The summed E-state index contributed by atoms with van der Waals surface area (Å²) in [6, 6.07) is 42.2. The van der Waals surface area contributed by atoms with E-state index in [1.807, 2.05) is 10.9 Å². The van der Waals surface area contributed by atoms with Crippen LogP contribution >= 0.6 is 0 Å². The molecule has 0 amide bonds. The van der Waals surface area contributed by atoms with Crippen molar-refractivity contribution in [3.05, 3.63) is 162 Å². The van der Waals surface area contributed by atoms with Crippen molar-refractivity contribution in [2.45, 2.75) is 124 Å². The molecule has 0 radical (unpaired) electrons. The zero-order valence-electron chi connectivity index (χ0n) is 37.5. The summed E-state index contributed by atoms with van der Waals surface area (Å²) in [5.41, 5.74) is 11.9. The number of hydrogen-bond donors (Lipinski definition) is 0. The van der Waals surface area contributed by atoms with Crippen LogP contribution in [0.5, 0.6) is 11.5 Å². The fraction of sp³-hybridized carbons (Fsp3) is 0.358. The molecule has 0 saturated carbocycles. The van der Waals surface area contributed by atoms with Crippen LogP contribution in [0.3, 0.4) is 0 Å². The zero-order valence-corrected chi connectivity index (χ0v) is 39.8. The first kappa shape index (κ1) is 44.0. The summed E-state index contributed by atoms with van der Waals surface area (Å²) >= 11 is 0. The Balaban J connectivity index is 0.00000585. The van der Waals surface area contributed by atoms with Gasteiger partial charge in [-0.2, -0.15) is 5.10 Å². The van der Waals surface area contributed by atoms with Crippen LogP contribution < -0.4 is 14.5 Å². The van der Waals surface area contributed by atoms with Crippen LogP contribution in [0.2, 0.25) is 0 Å². The molecule has 6 aromatic rings. The molecule has 0 aliphatic carbocycles. The van der Waals surface area contributed by atoms with Crippen LogP contribution in [0.4, 0.5) is 22.7 Å². The third-order valence-electron chi connectivity index (χ3n) is 11.5. The molecule has 7 rings (SSSR count). The van der Waals surface area contributed by atoms with Gasteiger partial charge in [0.2, 0.25) is 0 Å². The van der Waals surface area contributed by atoms with E-state index in [9.17, 15) is 0 Å². The van der Waals surface area contributed by atoms with Gasteiger partial charge in [-0.15, -0.1) is 59.9 Å². The monoisotopic (exact) mass is 964 g/mol. The van der Waals surface area contributed by atoms with Crippen molar-refractivity contribution in [1.29, 1.82) is 0 Å². The van der Waals surface area contributed by atoms with E-state index >= 15 is 0 Å². The molecule has 59 heavy (non-hydrogen) atoms. The molecule has 0 fully saturated rings. The molecule has 0 unspecified atom stereocenters. The van der Waals surface area contributed by atoms with Gasteiger partial charge in [0.05, 0.1) is 6.20 Å². The molecule has 312 valence electrons. The van der Waals surface area contributed by atoms with Crippen molar-refractivity contribution >= 4 is 22.7 Å². The summed E-state index contributed by atoms with van der Waals surface area (Å²) in [5.74, 6) is 1.26. The zero-order chi connectivity index (χ0) is 42.0. The van der Waals surface area contributed by atoms with Gasteiger partial charge in [-0.25, -0.2) is 0 Å². The predicted molar refractivity (Wildman–Crippen MR) is 243 cm³/mol. The van der Waals surface area contributed by atoms with Crippen molar-refractivity contribution in [1.82, 2.24) is 9.78 Å². The number of para-hydroxylation sites is 2. The van der Waals surface area contributed by atoms with Gasteiger partial charge in [-0.1, -0.05) is 145 Å². The Bertz CT molecular complexity index is 2400. The van der Waals surface area contributed by atoms with E-state index in [0.717, 1.165) is 45.1 Å². The second-order valence-corrected chi connectivity index (χ2v) is 20.6. The van der Waals surface area contributed by atoms with Gasteiger partial charge in [0, 0.05) is 66.8 Å². The minimum atomic E-state index is -0.218. The summed E-state index contributed by atoms with van der Waals surface area (Å²) in [5, 5.41) is 4.86. The van der Waals surface area contributed by atoms with Crippen molar-refractivity contribution in [3.63, 3.8) is 0 Å². The Kier molecular flexibility index (Phi) is 11.8. The van der Waals surface area contributed by atoms with Gasteiger partial charge in [-0.3, -0.25) is 4.68 Å². The summed E-state index contributed by atoms with van der Waals surface area (Å²) in [7, 11) is 0. The quantitative estimate of drug-likeness (QED) is 0.149. The number of benzene rings is 5. The van der Waals surface area contributed by atoms with E-state index in [0.29, 0.717) is 11.5 Å². The summed E-state index contributed by atoms with van der Waals surface area (Å²) < 4.78 is 8.78.